The minimum atomic E-state index is -2.77. The van der Waals surface area contributed by atoms with Crippen molar-refractivity contribution in [3.05, 3.63) is 179 Å². The smallest absolute Gasteiger partial charge is 0.798 e. The monoisotopic (exact) mass is 1700 g/mol. The third-order valence-corrected chi connectivity index (χ3v) is 24.4. The van der Waals surface area contributed by atoms with Gasteiger partial charge in [-0.3, -0.25) is 0 Å². The van der Waals surface area contributed by atoms with Crippen molar-refractivity contribution in [1.82, 2.24) is 0 Å². The molecule has 0 aliphatic rings. The molecule has 0 N–H and O–H groups in total. The fourth-order valence-corrected chi connectivity index (χ4v) is 15.2. The van der Waals surface area contributed by atoms with Crippen LogP contribution in [0.15, 0.2) is 146 Å². The quantitative estimate of drug-likeness (QED) is 0.0197. The second-order valence-electron chi connectivity index (χ2n) is 29.1. The van der Waals surface area contributed by atoms with E-state index in [1.54, 1.807) is 72.8 Å². The van der Waals surface area contributed by atoms with Gasteiger partial charge >= 0.3 is 21.1 Å². The average molecular weight is 1700 g/mol. The molecule has 0 saturated heterocycles. The molecule has 0 aliphatic heterocycles. The largest absolute Gasteiger partial charge is 6.00 e. The van der Waals surface area contributed by atoms with E-state index < -0.39 is 48.2 Å². The van der Waals surface area contributed by atoms with E-state index >= 15 is 0 Å². The van der Waals surface area contributed by atoms with E-state index in [1.165, 1.54) is 303 Å². The fraction of sp³-hybridized carbons (Fsp3) is 0.600. The standard InChI is InChI=1S/6C15H25O2P.Mo/c6*1-2-3-4-5-6-7-8-9-14-10-12-15(13-11-14)18(16)17;/h6*10-13,18H,2-9H2,1H3,(H,16,17);/q;;;;;;+6/p-6. The van der Waals surface area contributed by atoms with Gasteiger partial charge in [-0.25, -0.2) is 0 Å². The Balaban J connectivity index is 0.00000128. The second-order valence-corrected chi connectivity index (χ2v) is 36.0. The molecule has 0 spiro atoms. The van der Waals surface area contributed by atoms with Crippen molar-refractivity contribution < 1.29 is 77.8 Å². The van der Waals surface area contributed by atoms with Gasteiger partial charge in [-0.05, 0) is 142 Å². The molecule has 0 bridgehead atoms. The van der Waals surface area contributed by atoms with Crippen LogP contribution in [0.25, 0.3) is 0 Å². The molecule has 0 amide bonds. The molecule has 12 nitrogen and oxygen atoms in total. The summed E-state index contributed by atoms with van der Waals surface area (Å²) in [6, 6.07) is 43.8. The maximum absolute atomic E-state index is 10.8. The molecule has 0 aromatic heterocycles. The van der Waals surface area contributed by atoms with E-state index in [-0.39, 0.29) is 21.1 Å². The Hall–Kier alpha value is -2.85. The van der Waals surface area contributed by atoms with Crippen LogP contribution in [0.3, 0.4) is 0 Å². The first-order valence-electron chi connectivity index (χ1n) is 42.2. The van der Waals surface area contributed by atoms with Crippen LogP contribution in [0.5, 0.6) is 0 Å². The Morgan fingerprint density at radius 1 is 0.165 bits per heavy atom. The van der Waals surface area contributed by atoms with E-state index in [4.69, 9.17) is 0 Å². The summed E-state index contributed by atoms with van der Waals surface area (Å²) >= 11 is 0. The molecule has 0 fully saturated rings. The van der Waals surface area contributed by atoms with Gasteiger partial charge in [-0.15, -0.1) is 0 Å². The Bertz CT molecular complexity index is 2640. The van der Waals surface area contributed by atoms with Crippen molar-refractivity contribution >= 4 is 80.0 Å². The van der Waals surface area contributed by atoms with Gasteiger partial charge in [0.1, 0.15) is 0 Å². The number of hydrogen-bond acceptors (Lipinski definition) is 12. The minimum Gasteiger partial charge on any atom is -0.798 e. The molecule has 0 aliphatic carbocycles. The molecule has 109 heavy (non-hydrogen) atoms. The van der Waals surface area contributed by atoms with Gasteiger partial charge in [0.25, 0.3) is 0 Å². The molecule has 612 valence electrons. The van der Waals surface area contributed by atoms with Crippen molar-refractivity contribution in [2.24, 2.45) is 0 Å². The Morgan fingerprint density at radius 2 is 0.257 bits per heavy atom. The Kier molecular flexibility index (Phi) is 73.2. The van der Waals surface area contributed by atoms with Crippen LogP contribution in [-0.2, 0) is 87.0 Å². The molecular weight excluding hydrogens is 1550 g/mol. The van der Waals surface area contributed by atoms with E-state index in [9.17, 15) is 56.8 Å². The number of rotatable bonds is 54. The van der Waals surface area contributed by atoms with Crippen LogP contribution in [0.2, 0.25) is 0 Å². The zero-order chi connectivity index (χ0) is 79.3. The summed E-state index contributed by atoms with van der Waals surface area (Å²) < 4.78 is 64.6. The number of aryl methyl sites for hydroxylation is 6. The summed E-state index contributed by atoms with van der Waals surface area (Å²) in [5.41, 5.74) is 7.48. The molecule has 6 aromatic carbocycles. The van der Waals surface area contributed by atoms with Gasteiger partial charge in [0.05, 0.1) is 0 Å². The van der Waals surface area contributed by atoms with Gasteiger partial charge in [0.15, 0.2) is 0 Å². The number of unbranched alkanes of at least 4 members (excludes halogenated alkanes) is 36. The first kappa shape index (κ1) is 106. The van der Waals surface area contributed by atoms with Crippen molar-refractivity contribution in [2.75, 3.05) is 0 Å². The van der Waals surface area contributed by atoms with Gasteiger partial charge < -0.3 is 56.8 Å². The molecule has 6 atom stereocenters. The van der Waals surface area contributed by atoms with Crippen molar-refractivity contribution in [2.45, 2.75) is 350 Å². The molecule has 0 radical (unpaired) electrons. The summed E-state index contributed by atoms with van der Waals surface area (Å²) in [4.78, 5) is 64.6. The van der Waals surface area contributed by atoms with Crippen LogP contribution < -0.4 is 61.2 Å². The maximum atomic E-state index is 10.8. The number of benzene rings is 6. The predicted molar refractivity (Wildman–Crippen MR) is 461 cm³/mol. The molecule has 0 heterocycles. The van der Waals surface area contributed by atoms with Crippen molar-refractivity contribution in [3.8, 4) is 0 Å². The SMILES string of the molecule is CCCCCCCCCc1ccc([PH](=O)[O-])cc1.CCCCCCCCCc1ccc([PH](=O)[O-])cc1.CCCCCCCCCc1ccc([PH](=O)[O-])cc1.CCCCCCCCCc1ccc([PH](=O)[O-])cc1.CCCCCCCCCc1ccc([PH](=O)[O-])cc1.CCCCCCCCCc1ccc([PH](=O)[O-])cc1.[Mo+6]. The molecule has 19 heteroatoms. The van der Waals surface area contributed by atoms with Crippen molar-refractivity contribution in [3.63, 3.8) is 0 Å². The molecule has 6 rings (SSSR count). The van der Waals surface area contributed by atoms with Crippen LogP contribution in [0.4, 0.5) is 0 Å². The third-order valence-electron chi connectivity index (χ3n) is 19.6. The Labute approximate surface area is 681 Å². The maximum Gasteiger partial charge on any atom is 6.00 e. The zero-order valence-corrected chi connectivity index (χ0v) is 76.1. The van der Waals surface area contributed by atoms with Gasteiger partial charge in [-0.2, -0.15) is 0 Å². The molecule has 6 unspecified atom stereocenters. The van der Waals surface area contributed by atoms with Crippen LogP contribution in [0, 0.1) is 0 Å². The average Bonchev–Trinajstić information content (AvgIpc) is 0.945. The number of hydrogen-bond donors (Lipinski definition) is 0. The first-order valence-corrected chi connectivity index (χ1v) is 50.1. The van der Waals surface area contributed by atoms with Crippen LogP contribution >= 0.6 is 48.2 Å². The summed E-state index contributed by atoms with van der Waals surface area (Å²) in [5, 5.41) is 2.69. The third kappa shape index (κ3) is 61.2. The fourth-order valence-electron chi connectivity index (χ4n) is 12.6. The van der Waals surface area contributed by atoms with Gasteiger partial charge in [-0.1, -0.05) is 418 Å². The van der Waals surface area contributed by atoms with Crippen LogP contribution in [0.1, 0.15) is 345 Å². The summed E-state index contributed by atoms with van der Waals surface area (Å²) in [5.74, 6) is 0. The Morgan fingerprint density at radius 3 is 0.349 bits per heavy atom. The zero-order valence-electron chi connectivity index (χ0n) is 68.1. The summed E-state index contributed by atoms with van der Waals surface area (Å²) in [6.07, 6.45) is 61.5. The second kappa shape index (κ2) is 75.2. The topological polar surface area (TPSA) is 241 Å². The van der Waals surface area contributed by atoms with Gasteiger partial charge in [0.2, 0.25) is 0 Å². The summed E-state index contributed by atoms with van der Waals surface area (Å²) in [6.45, 7) is 13.4. The van der Waals surface area contributed by atoms with Crippen molar-refractivity contribution in [1.29, 1.82) is 0 Å². The predicted octanol–water partition coefficient (Wildman–Crippen LogP) is 20.6. The van der Waals surface area contributed by atoms with Gasteiger partial charge in [0, 0.05) is 48.2 Å². The van der Waals surface area contributed by atoms with Crippen LogP contribution in [-0.4, -0.2) is 0 Å². The summed E-state index contributed by atoms with van der Waals surface area (Å²) in [7, 11) is -16.6. The van der Waals surface area contributed by atoms with E-state index in [2.05, 4.69) is 41.5 Å². The van der Waals surface area contributed by atoms with E-state index in [0.29, 0.717) is 31.8 Å². The molecule has 6 aromatic rings. The molecule has 0 saturated carbocycles. The first-order chi connectivity index (χ1) is 52.4. The molecular formula is C90H144MoO12P6. The van der Waals surface area contributed by atoms with E-state index in [1.807, 2.05) is 72.8 Å². The van der Waals surface area contributed by atoms with E-state index in [0.717, 1.165) is 38.5 Å². The normalized spacial score (nSPS) is 12.4. The minimum absolute atomic E-state index is 0.